The van der Waals surface area contributed by atoms with Crippen LogP contribution >= 0.6 is 0 Å². The van der Waals surface area contributed by atoms with Crippen LogP contribution in [-0.4, -0.2) is 29.9 Å². The Hall–Kier alpha value is -3.28. The maximum absolute atomic E-state index is 12.5. The van der Waals surface area contributed by atoms with E-state index in [-0.39, 0.29) is 24.9 Å². The topological polar surface area (TPSA) is 80.4 Å². The van der Waals surface area contributed by atoms with Crippen molar-refractivity contribution in [1.82, 2.24) is 4.98 Å². The number of aromatic nitrogens is 1. The van der Waals surface area contributed by atoms with Crippen LogP contribution in [0.1, 0.15) is 10.4 Å². The molecule has 0 atom stereocenters. The molecule has 0 saturated carbocycles. The number of amides is 1. The zero-order chi connectivity index (χ0) is 16.5. The van der Waals surface area contributed by atoms with E-state index in [4.69, 9.17) is 9.47 Å². The summed E-state index contributed by atoms with van der Waals surface area (Å²) in [4.78, 5) is 27.0. The second-order valence-electron chi connectivity index (χ2n) is 5.43. The Kier molecular flexibility index (Phi) is 3.42. The Morgan fingerprint density at radius 3 is 2.96 bits per heavy atom. The fraction of sp³-hybridized carbons (Fsp3) is 0.111. The van der Waals surface area contributed by atoms with Gasteiger partial charge in [0.25, 0.3) is 5.91 Å². The van der Waals surface area contributed by atoms with Gasteiger partial charge in [0, 0.05) is 22.7 Å². The van der Waals surface area contributed by atoms with Gasteiger partial charge in [-0.15, -0.1) is 0 Å². The Labute approximate surface area is 137 Å². The van der Waals surface area contributed by atoms with E-state index in [1.165, 1.54) is 0 Å². The molecule has 0 fully saturated rings. The molecule has 2 N–H and O–H groups in total. The molecule has 2 aromatic carbocycles. The molecule has 0 bridgehead atoms. The van der Waals surface area contributed by atoms with E-state index < -0.39 is 0 Å². The molecule has 3 aromatic rings. The summed E-state index contributed by atoms with van der Waals surface area (Å²) in [6.07, 6.45) is 1.68. The molecule has 6 heteroatoms. The van der Waals surface area contributed by atoms with Crippen LogP contribution in [0.15, 0.2) is 48.7 Å². The number of Topliss-reactive ketones (excluding diaryl/α,β-unsaturated/α-hetero) is 1. The van der Waals surface area contributed by atoms with Gasteiger partial charge < -0.3 is 19.8 Å². The van der Waals surface area contributed by atoms with E-state index in [2.05, 4.69) is 10.3 Å². The lowest BCUT2D eigenvalue weighted by atomic mass is 10.1. The fourth-order valence-electron chi connectivity index (χ4n) is 2.72. The number of ether oxygens (including phenoxy) is 2. The summed E-state index contributed by atoms with van der Waals surface area (Å²) >= 11 is 0. The molecule has 1 aliphatic rings. The molecule has 2 heterocycles. The monoisotopic (exact) mass is 322 g/mol. The lowest BCUT2D eigenvalue weighted by Gasteiger charge is -2.20. The molecule has 0 radical (unpaired) electrons. The molecule has 120 valence electrons. The van der Waals surface area contributed by atoms with E-state index in [0.717, 1.165) is 10.9 Å². The third-order valence-corrected chi connectivity index (χ3v) is 3.86. The van der Waals surface area contributed by atoms with Gasteiger partial charge in [0.15, 0.2) is 13.2 Å². The van der Waals surface area contributed by atoms with Crippen molar-refractivity contribution in [3.05, 3.63) is 54.2 Å². The van der Waals surface area contributed by atoms with Gasteiger partial charge in [-0.25, -0.2) is 0 Å². The summed E-state index contributed by atoms with van der Waals surface area (Å²) < 4.78 is 11.0. The third-order valence-electron chi connectivity index (χ3n) is 3.86. The average molecular weight is 322 g/mol. The Bertz CT molecular complexity index is 945. The second-order valence-corrected chi connectivity index (χ2v) is 5.43. The van der Waals surface area contributed by atoms with Crippen LogP contribution in [0.3, 0.4) is 0 Å². The molecule has 1 amide bonds. The lowest BCUT2D eigenvalue weighted by molar-refractivity contribution is -0.118. The van der Waals surface area contributed by atoms with Crippen molar-refractivity contribution >= 4 is 28.3 Å². The second kappa shape index (κ2) is 5.73. The van der Waals surface area contributed by atoms with Gasteiger partial charge >= 0.3 is 0 Å². The summed E-state index contributed by atoms with van der Waals surface area (Å²) in [5.74, 6) is 0.551. The molecule has 0 unspecified atom stereocenters. The fourth-order valence-corrected chi connectivity index (χ4v) is 2.72. The number of anilines is 1. The van der Waals surface area contributed by atoms with Crippen LogP contribution in [0.2, 0.25) is 0 Å². The summed E-state index contributed by atoms with van der Waals surface area (Å²) in [5.41, 5.74) is 1.94. The molecule has 0 spiro atoms. The molecular formula is C18H14N2O4. The number of hydrogen-bond donors (Lipinski definition) is 2. The van der Waals surface area contributed by atoms with Crippen LogP contribution in [0.25, 0.3) is 10.9 Å². The number of ketones is 1. The van der Waals surface area contributed by atoms with Crippen molar-refractivity contribution in [2.75, 3.05) is 18.5 Å². The van der Waals surface area contributed by atoms with Crippen molar-refractivity contribution < 1.29 is 19.1 Å². The molecule has 24 heavy (non-hydrogen) atoms. The highest BCUT2D eigenvalue weighted by atomic mass is 16.5. The molecule has 4 rings (SSSR count). The Morgan fingerprint density at radius 2 is 2.04 bits per heavy atom. The predicted octanol–water partition coefficient (Wildman–Crippen LogP) is 2.76. The van der Waals surface area contributed by atoms with Crippen LogP contribution < -0.4 is 14.8 Å². The highest BCUT2D eigenvalue weighted by Gasteiger charge is 2.21. The van der Waals surface area contributed by atoms with E-state index in [9.17, 15) is 9.59 Å². The zero-order valence-corrected chi connectivity index (χ0v) is 12.7. The van der Waals surface area contributed by atoms with Crippen molar-refractivity contribution in [2.24, 2.45) is 0 Å². The van der Waals surface area contributed by atoms with E-state index in [1.807, 2.05) is 24.3 Å². The number of benzene rings is 2. The van der Waals surface area contributed by atoms with E-state index in [0.29, 0.717) is 22.7 Å². The number of hydrogen-bond acceptors (Lipinski definition) is 4. The van der Waals surface area contributed by atoms with Crippen LogP contribution in [0.5, 0.6) is 11.5 Å². The van der Waals surface area contributed by atoms with E-state index in [1.54, 1.807) is 24.4 Å². The number of carbonyl (C=O) groups excluding carboxylic acids is 2. The maximum atomic E-state index is 12.5. The minimum Gasteiger partial charge on any atom is -0.483 e. The predicted molar refractivity (Wildman–Crippen MR) is 88.7 cm³/mol. The molecular weight excluding hydrogens is 308 g/mol. The minimum absolute atomic E-state index is 0.0231. The van der Waals surface area contributed by atoms with Crippen molar-refractivity contribution in [3.8, 4) is 11.5 Å². The lowest BCUT2D eigenvalue weighted by Crippen LogP contribution is -2.26. The quantitative estimate of drug-likeness (QED) is 0.724. The van der Waals surface area contributed by atoms with E-state index >= 15 is 0 Å². The first-order valence-electron chi connectivity index (χ1n) is 7.50. The number of H-pyrrole nitrogens is 1. The first kappa shape index (κ1) is 14.3. The SMILES string of the molecule is O=C1COc2cccc(OCC(=O)c3c[nH]c4ccccc34)c2N1. The number of nitrogens with one attached hydrogen (secondary N) is 2. The molecule has 1 aliphatic heterocycles. The average Bonchev–Trinajstić information content (AvgIpc) is 3.04. The molecule has 6 nitrogen and oxygen atoms in total. The van der Waals surface area contributed by atoms with Gasteiger partial charge in [-0.05, 0) is 18.2 Å². The number of rotatable bonds is 4. The first-order chi connectivity index (χ1) is 11.7. The largest absolute Gasteiger partial charge is 0.483 e. The number of carbonyl (C=O) groups is 2. The number of fused-ring (bicyclic) bond motifs is 2. The van der Waals surface area contributed by atoms with Crippen molar-refractivity contribution in [3.63, 3.8) is 0 Å². The van der Waals surface area contributed by atoms with Gasteiger partial charge in [0.05, 0.1) is 0 Å². The highest BCUT2D eigenvalue weighted by Crippen LogP contribution is 2.36. The maximum Gasteiger partial charge on any atom is 0.262 e. The van der Waals surface area contributed by atoms with Crippen LogP contribution in [0.4, 0.5) is 5.69 Å². The number of aromatic amines is 1. The smallest absolute Gasteiger partial charge is 0.262 e. The molecule has 0 saturated heterocycles. The summed E-state index contributed by atoms with van der Waals surface area (Å²) in [6, 6.07) is 12.8. The first-order valence-corrected chi connectivity index (χ1v) is 7.50. The summed E-state index contributed by atoms with van der Waals surface area (Å²) in [5, 5.41) is 3.57. The zero-order valence-electron chi connectivity index (χ0n) is 12.7. The van der Waals surface area contributed by atoms with Crippen molar-refractivity contribution in [1.29, 1.82) is 0 Å². The standard InChI is InChI=1S/C18H14N2O4/c21-14(12-8-19-13-5-2-1-4-11(12)13)9-23-15-6-3-7-16-18(15)20-17(22)10-24-16/h1-8,19H,9-10H2,(H,20,22). The Morgan fingerprint density at radius 1 is 1.17 bits per heavy atom. The molecule has 0 aliphatic carbocycles. The summed E-state index contributed by atoms with van der Waals surface area (Å²) in [7, 11) is 0. The van der Waals surface area contributed by atoms with Gasteiger partial charge in [-0.3, -0.25) is 9.59 Å². The molecule has 1 aromatic heterocycles. The van der Waals surface area contributed by atoms with Crippen LogP contribution in [0, 0.1) is 0 Å². The number of para-hydroxylation sites is 2. The minimum atomic E-state index is -0.249. The summed E-state index contributed by atoms with van der Waals surface area (Å²) in [6.45, 7) is -0.154. The normalized spacial score (nSPS) is 13.1. The van der Waals surface area contributed by atoms with Gasteiger partial charge in [-0.2, -0.15) is 0 Å². The third kappa shape index (κ3) is 2.48. The Balaban J connectivity index is 1.55. The van der Waals surface area contributed by atoms with Gasteiger partial charge in [0.1, 0.15) is 17.2 Å². The van der Waals surface area contributed by atoms with Gasteiger partial charge in [-0.1, -0.05) is 24.3 Å². The highest BCUT2D eigenvalue weighted by molar-refractivity contribution is 6.08. The van der Waals surface area contributed by atoms with Crippen LogP contribution in [-0.2, 0) is 4.79 Å². The van der Waals surface area contributed by atoms with Gasteiger partial charge in [0.2, 0.25) is 5.78 Å². The van der Waals surface area contributed by atoms with Crippen molar-refractivity contribution in [2.45, 2.75) is 0 Å².